The zero-order chi connectivity index (χ0) is 12.8. The standard InChI is InChI=1S/C13H20N2O2/c1-9(2)12(14)13(17)15-11(8-16)10-6-4-3-5-7-10/h3-7,9,11-12,16H,8,14H2,1-2H3,(H,15,17)/t11-,12?/m0/s1. The van der Waals surface area contributed by atoms with Gasteiger partial charge in [-0.25, -0.2) is 0 Å². The van der Waals surface area contributed by atoms with Crippen molar-refractivity contribution in [2.75, 3.05) is 6.61 Å². The number of carbonyl (C=O) groups excluding carboxylic acids is 1. The first kappa shape index (κ1) is 13.7. The van der Waals surface area contributed by atoms with Crippen molar-refractivity contribution >= 4 is 5.91 Å². The number of carbonyl (C=O) groups is 1. The zero-order valence-electron chi connectivity index (χ0n) is 10.3. The normalized spacial score (nSPS) is 14.4. The predicted octanol–water partition coefficient (Wildman–Crippen LogP) is 0.819. The van der Waals surface area contributed by atoms with E-state index in [0.29, 0.717) is 0 Å². The Labute approximate surface area is 102 Å². The highest BCUT2D eigenvalue weighted by atomic mass is 16.3. The van der Waals surface area contributed by atoms with Crippen LogP contribution in [0.15, 0.2) is 30.3 Å². The highest BCUT2D eigenvalue weighted by molar-refractivity contribution is 5.82. The molecule has 4 heteroatoms. The van der Waals surface area contributed by atoms with E-state index in [1.165, 1.54) is 0 Å². The number of amides is 1. The summed E-state index contributed by atoms with van der Waals surface area (Å²) in [6.45, 7) is 3.64. The third-order valence-corrected chi connectivity index (χ3v) is 2.72. The predicted molar refractivity (Wildman–Crippen MR) is 67.2 cm³/mol. The summed E-state index contributed by atoms with van der Waals surface area (Å²) >= 11 is 0. The van der Waals surface area contributed by atoms with E-state index >= 15 is 0 Å². The van der Waals surface area contributed by atoms with E-state index < -0.39 is 12.1 Å². The van der Waals surface area contributed by atoms with Crippen molar-refractivity contribution in [2.24, 2.45) is 11.7 Å². The smallest absolute Gasteiger partial charge is 0.237 e. The molecule has 4 nitrogen and oxygen atoms in total. The van der Waals surface area contributed by atoms with Crippen molar-refractivity contribution in [1.29, 1.82) is 0 Å². The van der Waals surface area contributed by atoms with Crippen LogP contribution < -0.4 is 11.1 Å². The molecule has 0 aliphatic heterocycles. The maximum atomic E-state index is 11.8. The van der Waals surface area contributed by atoms with Crippen LogP contribution in [-0.2, 0) is 4.79 Å². The van der Waals surface area contributed by atoms with Gasteiger partial charge in [0.15, 0.2) is 0 Å². The fourth-order valence-electron chi connectivity index (χ4n) is 1.49. The number of benzene rings is 1. The molecule has 4 N–H and O–H groups in total. The van der Waals surface area contributed by atoms with Crippen LogP contribution in [0.5, 0.6) is 0 Å². The lowest BCUT2D eigenvalue weighted by Gasteiger charge is -2.21. The fraction of sp³-hybridized carbons (Fsp3) is 0.462. The van der Waals surface area contributed by atoms with E-state index in [9.17, 15) is 9.90 Å². The van der Waals surface area contributed by atoms with Crippen LogP contribution >= 0.6 is 0 Å². The van der Waals surface area contributed by atoms with E-state index in [1.807, 2.05) is 44.2 Å². The van der Waals surface area contributed by atoms with Crippen LogP contribution in [-0.4, -0.2) is 23.7 Å². The lowest BCUT2D eigenvalue weighted by molar-refractivity contribution is -0.124. The maximum Gasteiger partial charge on any atom is 0.237 e. The monoisotopic (exact) mass is 236 g/mol. The number of rotatable bonds is 5. The Morgan fingerprint density at radius 1 is 1.35 bits per heavy atom. The van der Waals surface area contributed by atoms with Gasteiger partial charge in [0.05, 0.1) is 18.7 Å². The third-order valence-electron chi connectivity index (χ3n) is 2.72. The van der Waals surface area contributed by atoms with Crippen LogP contribution in [0, 0.1) is 5.92 Å². The van der Waals surface area contributed by atoms with Gasteiger partial charge in [0, 0.05) is 0 Å². The Bertz CT molecular complexity index is 352. The molecule has 94 valence electrons. The summed E-state index contributed by atoms with van der Waals surface area (Å²) in [5.41, 5.74) is 6.62. The molecule has 0 fully saturated rings. The highest BCUT2D eigenvalue weighted by Gasteiger charge is 2.20. The first-order valence-corrected chi connectivity index (χ1v) is 5.78. The number of nitrogens with one attached hydrogen (secondary N) is 1. The summed E-state index contributed by atoms with van der Waals surface area (Å²) in [5, 5.41) is 12.0. The molecule has 0 aliphatic rings. The van der Waals surface area contributed by atoms with Crippen LogP contribution in [0.1, 0.15) is 25.5 Å². The maximum absolute atomic E-state index is 11.8. The van der Waals surface area contributed by atoms with E-state index in [0.717, 1.165) is 5.56 Å². The molecule has 0 heterocycles. The summed E-state index contributed by atoms with van der Waals surface area (Å²) in [5.74, 6) is -0.159. The van der Waals surface area contributed by atoms with Crippen LogP contribution in [0.4, 0.5) is 0 Å². The topological polar surface area (TPSA) is 75.4 Å². The number of aliphatic hydroxyl groups is 1. The second-order valence-electron chi connectivity index (χ2n) is 4.42. The Balaban J connectivity index is 2.68. The molecule has 1 amide bonds. The van der Waals surface area contributed by atoms with Gasteiger partial charge >= 0.3 is 0 Å². The molecule has 2 atom stereocenters. The lowest BCUT2D eigenvalue weighted by atomic mass is 10.0. The van der Waals surface area contributed by atoms with Crippen molar-refractivity contribution in [3.05, 3.63) is 35.9 Å². The molecule has 0 saturated carbocycles. The largest absolute Gasteiger partial charge is 0.394 e. The van der Waals surface area contributed by atoms with Crippen molar-refractivity contribution in [3.8, 4) is 0 Å². The number of aliphatic hydroxyl groups excluding tert-OH is 1. The minimum Gasteiger partial charge on any atom is -0.394 e. The van der Waals surface area contributed by atoms with Gasteiger partial charge < -0.3 is 16.2 Å². The van der Waals surface area contributed by atoms with Crippen molar-refractivity contribution in [3.63, 3.8) is 0 Å². The minimum absolute atomic E-state index is 0.0742. The quantitative estimate of drug-likeness (QED) is 0.708. The zero-order valence-corrected chi connectivity index (χ0v) is 10.3. The average Bonchev–Trinajstić information content (AvgIpc) is 2.35. The molecular formula is C13H20N2O2. The van der Waals surface area contributed by atoms with Crippen molar-refractivity contribution in [2.45, 2.75) is 25.9 Å². The molecule has 0 aliphatic carbocycles. The van der Waals surface area contributed by atoms with E-state index in [4.69, 9.17) is 5.73 Å². The van der Waals surface area contributed by atoms with E-state index in [1.54, 1.807) is 0 Å². The Morgan fingerprint density at radius 2 is 1.94 bits per heavy atom. The van der Waals surface area contributed by atoms with Crippen LogP contribution in [0.3, 0.4) is 0 Å². The number of hydrogen-bond acceptors (Lipinski definition) is 3. The first-order chi connectivity index (χ1) is 8.06. The van der Waals surface area contributed by atoms with Gasteiger partial charge in [-0.05, 0) is 11.5 Å². The SMILES string of the molecule is CC(C)C(N)C(=O)N[C@@H](CO)c1ccccc1. The molecule has 1 aromatic carbocycles. The van der Waals surface area contributed by atoms with Crippen LogP contribution in [0.25, 0.3) is 0 Å². The lowest BCUT2D eigenvalue weighted by Crippen LogP contribution is -2.45. The molecule has 1 unspecified atom stereocenters. The van der Waals surface area contributed by atoms with E-state index in [2.05, 4.69) is 5.32 Å². The summed E-state index contributed by atoms with van der Waals surface area (Å²) in [7, 11) is 0. The van der Waals surface area contributed by atoms with E-state index in [-0.39, 0.29) is 18.4 Å². The van der Waals surface area contributed by atoms with Gasteiger partial charge in [0.2, 0.25) is 5.91 Å². The Kier molecular flexibility index (Phi) is 5.12. The van der Waals surface area contributed by atoms with Gasteiger partial charge in [0.25, 0.3) is 0 Å². The molecule has 0 saturated heterocycles. The number of nitrogens with two attached hydrogens (primary N) is 1. The van der Waals surface area contributed by atoms with Crippen LogP contribution in [0.2, 0.25) is 0 Å². The molecule has 1 aromatic rings. The molecular weight excluding hydrogens is 216 g/mol. The van der Waals surface area contributed by atoms with Crippen molar-refractivity contribution in [1.82, 2.24) is 5.32 Å². The fourth-order valence-corrected chi connectivity index (χ4v) is 1.49. The minimum atomic E-state index is -0.548. The average molecular weight is 236 g/mol. The highest BCUT2D eigenvalue weighted by Crippen LogP contribution is 2.12. The second-order valence-corrected chi connectivity index (χ2v) is 4.42. The van der Waals surface area contributed by atoms with Gasteiger partial charge in [-0.2, -0.15) is 0 Å². The van der Waals surface area contributed by atoms with Gasteiger partial charge in [-0.3, -0.25) is 4.79 Å². The van der Waals surface area contributed by atoms with Gasteiger partial charge in [-0.15, -0.1) is 0 Å². The summed E-state index contributed by atoms with van der Waals surface area (Å²) in [6, 6.07) is 8.41. The third kappa shape index (κ3) is 3.84. The molecule has 17 heavy (non-hydrogen) atoms. The molecule has 0 radical (unpaired) electrons. The summed E-state index contributed by atoms with van der Waals surface area (Å²) in [6.07, 6.45) is 0. The Hall–Kier alpha value is -1.39. The molecule has 0 spiro atoms. The van der Waals surface area contributed by atoms with Gasteiger partial charge in [-0.1, -0.05) is 44.2 Å². The molecule has 0 aromatic heterocycles. The second kappa shape index (κ2) is 6.37. The summed E-state index contributed by atoms with van der Waals surface area (Å²) < 4.78 is 0. The van der Waals surface area contributed by atoms with Gasteiger partial charge in [0.1, 0.15) is 0 Å². The number of hydrogen-bond donors (Lipinski definition) is 3. The molecule has 1 rings (SSSR count). The molecule has 0 bridgehead atoms. The first-order valence-electron chi connectivity index (χ1n) is 5.78. The van der Waals surface area contributed by atoms with Crippen molar-refractivity contribution < 1.29 is 9.90 Å². The Morgan fingerprint density at radius 3 is 2.41 bits per heavy atom. The summed E-state index contributed by atoms with van der Waals surface area (Å²) in [4.78, 5) is 11.8.